The second-order valence-corrected chi connectivity index (χ2v) is 12.1. The van der Waals surface area contributed by atoms with Gasteiger partial charge in [0.15, 0.2) is 0 Å². The maximum Gasteiger partial charge on any atom is 0.247 e. The smallest absolute Gasteiger partial charge is 0.247 e. The average Bonchev–Trinajstić information content (AvgIpc) is 3.35. The Balaban J connectivity index is 1.51. The molecule has 3 aliphatic rings. The van der Waals surface area contributed by atoms with Crippen LogP contribution in [-0.4, -0.2) is 24.4 Å². The molecule has 0 aromatic heterocycles. The van der Waals surface area contributed by atoms with Crippen LogP contribution < -0.4 is 9.80 Å². The molecule has 2 aromatic rings. The summed E-state index contributed by atoms with van der Waals surface area (Å²) in [4.78, 5) is 31.8. The highest BCUT2D eigenvalue weighted by atomic mass is 19.1. The number of hydrogen-bond acceptors (Lipinski definition) is 2. The number of fused-ring (bicyclic) bond motifs is 2. The highest BCUT2D eigenvalue weighted by Gasteiger charge is 2.62. The quantitative estimate of drug-likeness (QED) is 0.438. The van der Waals surface area contributed by atoms with Crippen LogP contribution in [0.3, 0.4) is 0 Å². The van der Waals surface area contributed by atoms with Crippen molar-refractivity contribution in [2.24, 2.45) is 22.7 Å². The molecule has 5 heteroatoms. The van der Waals surface area contributed by atoms with Crippen molar-refractivity contribution in [2.75, 3.05) is 16.3 Å². The third kappa shape index (κ3) is 4.35. The summed E-state index contributed by atoms with van der Waals surface area (Å²) in [6.07, 6.45) is 8.43. The Hall–Kier alpha value is -2.69. The zero-order chi connectivity index (χ0) is 25.5. The van der Waals surface area contributed by atoms with Crippen LogP contribution >= 0.6 is 0 Å². The SMILES string of the molecule is CC12CCC(C1)C(C)(C)C2C(=O)N(CC(=O)N(c1ccccc1)C1CCCCC1)c1ccccc1F. The van der Waals surface area contributed by atoms with Crippen LogP contribution in [0.2, 0.25) is 0 Å². The first-order valence-corrected chi connectivity index (χ1v) is 13.7. The molecule has 5 rings (SSSR count). The van der Waals surface area contributed by atoms with E-state index in [1.807, 2.05) is 35.2 Å². The van der Waals surface area contributed by atoms with E-state index in [9.17, 15) is 9.59 Å². The van der Waals surface area contributed by atoms with Crippen LogP contribution in [0.5, 0.6) is 0 Å². The number of carbonyl (C=O) groups excluding carboxylic acids is 2. The van der Waals surface area contributed by atoms with E-state index in [1.165, 1.54) is 17.4 Å². The van der Waals surface area contributed by atoms with Gasteiger partial charge >= 0.3 is 0 Å². The largest absolute Gasteiger partial charge is 0.308 e. The monoisotopic (exact) mass is 490 g/mol. The van der Waals surface area contributed by atoms with Gasteiger partial charge in [-0.3, -0.25) is 14.5 Å². The number of hydrogen-bond donors (Lipinski definition) is 0. The first-order valence-electron chi connectivity index (χ1n) is 13.7. The fourth-order valence-electron chi connectivity index (χ4n) is 7.72. The van der Waals surface area contributed by atoms with E-state index >= 15 is 4.39 Å². The molecule has 0 heterocycles. The lowest BCUT2D eigenvalue weighted by Crippen LogP contribution is -2.53. The highest BCUT2D eigenvalue weighted by molar-refractivity contribution is 6.05. The van der Waals surface area contributed by atoms with E-state index in [2.05, 4.69) is 20.8 Å². The van der Waals surface area contributed by atoms with E-state index in [0.29, 0.717) is 5.92 Å². The topological polar surface area (TPSA) is 40.6 Å². The number of benzene rings is 2. The van der Waals surface area contributed by atoms with E-state index in [0.717, 1.165) is 50.6 Å². The van der Waals surface area contributed by atoms with Gasteiger partial charge in [0, 0.05) is 17.6 Å². The fourth-order valence-corrected chi connectivity index (χ4v) is 7.72. The summed E-state index contributed by atoms with van der Waals surface area (Å²) in [5.74, 6) is -0.474. The minimum Gasteiger partial charge on any atom is -0.308 e. The molecule has 3 aliphatic carbocycles. The molecule has 3 unspecified atom stereocenters. The highest BCUT2D eigenvalue weighted by Crippen LogP contribution is 2.66. The molecule has 2 amide bonds. The molecule has 2 aromatic carbocycles. The second kappa shape index (κ2) is 9.64. The van der Waals surface area contributed by atoms with Crippen molar-refractivity contribution in [3.8, 4) is 0 Å². The number of para-hydroxylation sites is 2. The molecule has 2 bridgehead atoms. The lowest BCUT2D eigenvalue weighted by Gasteiger charge is -2.44. The van der Waals surface area contributed by atoms with Gasteiger partial charge in [-0.05, 0) is 73.1 Å². The van der Waals surface area contributed by atoms with Crippen LogP contribution in [0, 0.1) is 28.5 Å². The van der Waals surface area contributed by atoms with E-state index < -0.39 is 5.82 Å². The van der Waals surface area contributed by atoms with Crippen molar-refractivity contribution in [1.29, 1.82) is 0 Å². The summed E-state index contributed by atoms with van der Waals surface area (Å²) < 4.78 is 15.2. The summed E-state index contributed by atoms with van der Waals surface area (Å²) in [7, 11) is 0. The summed E-state index contributed by atoms with van der Waals surface area (Å²) >= 11 is 0. The zero-order valence-corrected chi connectivity index (χ0v) is 21.9. The van der Waals surface area contributed by atoms with Crippen LogP contribution in [0.25, 0.3) is 0 Å². The molecule has 0 aliphatic heterocycles. The van der Waals surface area contributed by atoms with Crippen LogP contribution in [0.1, 0.15) is 72.1 Å². The van der Waals surface area contributed by atoms with E-state index in [1.54, 1.807) is 18.2 Å². The van der Waals surface area contributed by atoms with E-state index in [-0.39, 0.29) is 46.8 Å². The number of carbonyl (C=O) groups is 2. The molecular weight excluding hydrogens is 451 g/mol. The van der Waals surface area contributed by atoms with Crippen molar-refractivity contribution in [3.05, 3.63) is 60.4 Å². The van der Waals surface area contributed by atoms with E-state index in [4.69, 9.17) is 0 Å². The molecule has 0 saturated heterocycles. The molecule has 36 heavy (non-hydrogen) atoms. The molecular formula is C31H39FN2O2. The Labute approximate surface area is 214 Å². The summed E-state index contributed by atoms with van der Waals surface area (Å²) in [5, 5.41) is 0. The van der Waals surface area contributed by atoms with Gasteiger partial charge in [-0.25, -0.2) is 4.39 Å². The minimum atomic E-state index is -0.464. The number of amides is 2. The molecule has 4 nitrogen and oxygen atoms in total. The number of rotatable bonds is 6. The van der Waals surface area contributed by atoms with Gasteiger partial charge in [-0.15, -0.1) is 0 Å². The number of nitrogens with zero attached hydrogens (tertiary/aromatic N) is 2. The number of anilines is 2. The van der Waals surface area contributed by atoms with Gasteiger partial charge in [-0.1, -0.05) is 70.4 Å². The van der Waals surface area contributed by atoms with Crippen molar-refractivity contribution in [2.45, 2.75) is 78.2 Å². The minimum absolute atomic E-state index is 0.0997. The Morgan fingerprint density at radius 2 is 1.58 bits per heavy atom. The zero-order valence-electron chi connectivity index (χ0n) is 21.9. The molecule has 3 atom stereocenters. The van der Waals surface area contributed by atoms with Crippen LogP contribution in [0.4, 0.5) is 15.8 Å². The molecule has 0 radical (unpaired) electrons. The predicted molar refractivity (Wildman–Crippen MR) is 142 cm³/mol. The Bertz CT molecular complexity index is 1110. The van der Waals surface area contributed by atoms with Crippen molar-refractivity contribution in [1.82, 2.24) is 0 Å². The Morgan fingerprint density at radius 1 is 0.917 bits per heavy atom. The number of halogens is 1. The molecule has 3 fully saturated rings. The first-order chi connectivity index (χ1) is 17.2. The average molecular weight is 491 g/mol. The summed E-state index contributed by atoms with van der Waals surface area (Å²) in [6.45, 7) is 6.43. The van der Waals surface area contributed by atoms with Gasteiger partial charge < -0.3 is 4.90 Å². The molecule has 192 valence electrons. The summed E-state index contributed by atoms with van der Waals surface area (Å²) in [5.41, 5.74) is 0.761. The predicted octanol–water partition coefficient (Wildman–Crippen LogP) is 6.99. The van der Waals surface area contributed by atoms with Crippen molar-refractivity contribution in [3.63, 3.8) is 0 Å². The van der Waals surface area contributed by atoms with Crippen molar-refractivity contribution < 1.29 is 14.0 Å². The molecule has 0 N–H and O–H groups in total. The first kappa shape index (κ1) is 25.0. The van der Waals surface area contributed by atoms with Gasteiger partial charge in [0.1, 0.15) is 12.4 Å². The summed E-state index contributed by atoms with van der Waals surface area (Å²) in [6, 6.07) is 16.2. The maximum atomic E-state index is 15.2. The third-order valence-electron chi connectivity index (χ3n) is 9.46. The lowest BCUT2D eigenvalue weighted by atomic mass is 9.63. The maximum absolute atomic E-state index is 15.2. The Morgan fingerprint density at radius 3 is 2.22 bits per heavy atom. The van der Waals surface area contributed by atoms with Gasteiger partial charge in [0.2, 0.25) is 11.8 Å². The lowest BCUT2D eigenvalue weighted by molar-refractivity contribution is -0.132. The second-order valence-electron chi connectivity index (χ2n) is 12.1. The van der Waals surface area contributed by atoms with Crippen LogP contribution in [0.15, 0.2) is 54.6 Å². The fraction of sp³-hybridized carbons (Fsp3) is 0.548. The normalized spacial score (nSPS) is 27.1. The van der Waals surface area contributed by atoms with Gasteiger partial charge in [-0.2, -0.15) is 0 Å². The van der Waals surface area contributed by atoms with Crippen LogP contribution in [-0.2, 0) is 9.59 Å². The van der Waals surface area contributed by atoms with Gasteiger partial charge in [0.25, 0.3) is 0 Å². The molecule has 3 saturated carbocycles. The Kier molecular flexibility index (Phi) is 6.69. The molecule has 0 spiro atoms. The van der Waals surface area contributed by atoms with Gasteiger partial charge in [0.05, 0.1) is 5.69 Å². The standard InChI is InChI=1S/C31H39FN2O2/c1-30(2)22-18-19-31(3,20-22)28(30)29(36)33(26-17-11-10-16-25(26)32)21-27(35)34(23-12-6-4-7-13-23)24-14-8-5-9-15-24/h4,6-7,10-13,16-17,22,24,28H,5,8-9,14-15,18-21H2,1-3H3. The third-order valence-corrected chi connectivity index (χ3v) is 9.46. The van der Waals surface area contributed by atoms with Crippen molar-refractivity contribution >= 4 is 23.2 Å².